The molecular weight excluding hydrogens is 480 g/mol. The van der Waals surface area contributed by atoms with Crippen LogP contribution in [0.1, 0.15) is 58.2 Å². The number of carbonyl (C=O) groups is 2. The summed E-state index contributed by atoms with van der Waals surface area (Å²) < 4.78 is 36.1. The number of aromatic nitrogens is 2. The van der Waals surface area contributed by atoms with E-state index in [0.29, 0.717) is 36.5 Å². The van der Waals surface area contributed by atoms with Crippen LogP contribution in [0.25, 0.3) is 0 Å². The van der Waals surface area contributed by atoms with Gasteiger partial charge in [0.15, 0.2) is 0 Å². The van der Waals surface area contributed by atoms with E-state index in [9.17, 15) is 23.6 Å². The molecule has 8 nitrogen and oxygen atoms in total. The topological polar surface area (TPSA) is 100 Å². The summed E-state index contributed by atoms with van der Waals surface area (Å²) in [5, 5.41) is 16.2. The van der Waals surface area contributed by atoms with E-state index >= 15 is 0 Å². The Kier molecular flexibility index (Phi) is 6.15. The van der Waals surface area contributed by atoms with E-state index in [0.717, 1.165) is 6.42 Å². The molecule has 1 atom stereocenters. The van der Waals surface area contributed by atoms with E-state index in [4.69, 9.17) is 4.74 Å². The van der Waals surface area contributed by atoms with Gasteiger partial charge in [-0.2, -0.15) is 10.4 Å². The molecule has 1 N–H and O–H groups in total. The molecule has 37 heavy (non-hydrogen) atoms. The molecular formula is C27H25F2N5O3. The fraction of sp³-hybridized carbons (Fsp3) is 0.333. The molecule has 2 aliphatic rings. The molecule has 1 fully saturated rings. The minimum atomic E-state index is -2.90. The third-order valence-corrected chi connectivity index (χ3v) is 7.11. The summed E-state index contributed by atoms with van der Waals surface area (Å²) in [5.41, 5.74) is 1.20. The van der Waals surface area contributed by atoms with Gasteiger partial charge in [0.05, 0.1) is 37.0 Å². The smallest absolute Gasteiger partial charge is 0.277 e. The van der Waals surface area contributed by atoms with E-state index in [-0.39, 0.29) is 28.4 Å². The highest BCUT2D eigenvalue weighted by atomic mass is 19.3. The number of benzene rings is 2. The molecule has 1 saturated carbocycles. The molecule has 1 unspecified atom stereocenters. The standard InChI is InChI=1S/C27H25F2N5O3/c1-16-15-33-24(22(14-31-33)25(35)32-20-8-11-23(37-2)17(12-20)13-30)26(36)34(16)21-9-6-19(7-10-21)27(28,29)18-4-3-5-18/h6-12,14,16,18H,3-5,15H2,1-2H3,(H,32,35). The summed E-state index contributed by atoms with van der Waals surface area (Å²) in [6.07, 6.45) is 3.18. The lowest BCUT2D eigenvalue weighted by molar-refractivity contribution is -0.0942. The fourth-order valence-corrected chi connectivity index (χ4v) is 4.86. The van der Waals surface area contributed by atoms with Crippen LogP contribution in [0, 0.1) is 17.2 Å². The maximum absolute atomic E-state index is 14.7. The molecule has 0 spiro atoms. The van der Waals surface area contributed by atoms with Crippen LogP contribution in [0.3, 0.4) is 0 Å². The van der Waals surface area contributed by atoms with Gasteiger partial charge in [-0.1, -0.05) is 18.6 Å². The Morgan fingerprint density at radius 1 is 1.22 bits per heavy atom. The van der Waals surface area contributed by atoms with Gasteiger partial charge in [0, 0.05) is 22.9 Å². The fourth-order valence-electron chi connectivity index (χ4n) is 4.86. The third kappa shape index (κ3) is 4.20. The normalized spacial score (nSPS) is 17.5. The molecule has 2 aromatic carbocycles. The van der Waals surface area contributed by atoms with Crippen molar-refractivity contribution in [1.29, 1.82) is 5.26 Å². The summed E-state index contributed by atoms with van der Waals surface area (Å²) in [6.45, 7) is 2.16. The number of rotatable bonds is 6. The Bertz CT molecular complexity index is 1410. The zero-order valence-electron chi connectivity index (χ0n) is 20.4. The average Bonchev–Trinajstić information content (AvgIpc) is 3.27. The minimum absolute atomic E-state index is 0.0561. The van der Waals surface area contributed by atoms with Crippen molar-refractivity contribution in [2.75, 3.05) is 17.3 Å². The number of halogens is 2. The number of alkyl halides is 2. The molecule has 5 rings (SSSR count). The van der Waals surface area contributed by atoms with Crippen LogP contribution in [0.5, 0.6) is 5.75 Å². The Morgan fingerprint density at radius 2 is 1.95 bits per heavy atom. The predicted octanol–water partition coefficient (Wildman–Crippen LogP) is 4.96. The number of carbonyl (C=O) groups excluding carboxylic acids is 2. The molecule has 0 bridgehead atoms. The van der Waals surface area contributed by atoms with Gasteiger partial charge in [0.2, 0.25) is 0 Å². The van der Waals surface area contributed by atoms with Crippen molar-refractivity contribution in [3.05, 3.63) is 71.0 Å². The van der Waals surface area contributed by atoms with Crippen LogP contribution >= 0.6 is 0 Å². The summed E-state index contributed by atoms with van der Waals surface area (Å²) in [6, 6.07) is 12.1. The molecule has 3 aromatic rings. The first-order chi connectivity index (χ1) is 17.7. The number of anilines is 2. The van der Waals surface area contributed by atoms with Crippen molar-refractivity contribution in [2.45, 2.75) is 44.7 Å². The van der Waals surface area contributed by atoms with E-state index in [1.807, 2.05) is 13.0 Å². The van der Waals surface area contributed by atoms with Crippen molar-refractivity contribution >= 4 is 23.2 Å². The highest BCUT2D eigenvalue weighted by Gasteiger charge is 2.44. The highest BCUT2D eigenvalue weighted by Crippen LogP contribution is 2.46. The molecule has 2 heterocycles. The molecule has 0 radical (unpaired) electrons. The Balaban J connectivity index is 1.40. The number of hydrogen-bond donors (Lipinski definition) is 1. The molecule has 1 aliphatic heterocycles. The van der Waals surface area contributed by atoms with E-state index < -0.39 is 23.7 Å². The molecule has 0 saturated heterocycles. The summed E-state index contributed by atoms with van der Waals surface area (Å²) in [4.78, 5) is 28.2. The third-order valence-electron chi connectivity index (χ3n) is 7.11. The number of fused-ring (bicyclic) bond motifs is 1. The lowest BCUT2D eigenvalue weighted by Crippen LogP contribution is -2.47. The van der Waals surface area contributed by atoms with E-state index in [1.54, 1.807) is 12.1 Å². The zero-order valence-corrected chi connectivity index (χ0v) is 20.4. The first kappa shape index (κ1) is 24.4. The second-order valence-electron chi connectivity index (χ2n) is 9.39. The van der Waals surface area contributed by atoms with Crippen molar-refractivity contribution < 1.29 is 23.1 Å². The first-order valence-corrected chi connectivity index (χ1v) is 12.0. The van der Waals surface area contributed by atoms with Crippen molar-refractivity contribution in [3.8, 4) is 11.8 Å². The minimum Gasteiger partial charge on any atom is -0.495 e. The number of nitrogens with one attached hydrogen (secondary N) is 1. The predicted molar refractivity (Wildman–Crippen MR) is 132 cm³/mol. The van der Waals surface area contributed by atoms with Crippen molar-refractivity contribution in [2.24, 2.45) is 5.92 Å². The van der Waals surface area contributed by atoms with Crippen LogP contribution in [-0.2, 0) is 12.5 Å². The molecule has 10 heteroatoms. The second-order valence-corrected chi connectivity index (χ2v) is 9.39. The quantitative estimate of drug-likeness (QED) is 0.511. The van der Waals surface area contributed by atoms with Crippen LogP contribution < -0.4 is 15.0 Å². The number of ether oxygens (including phenoxy) is 1. The molecule has 1 aliphatic carbocycles. The number of methoxy groups -OCH3 is 1. The molecule has 1 aromatic heterocycles. The van der Waals surface area contributed by atoms with E-state index in [1.165, 1.54) is 53.2 Å². The highest BCUT2D eigenvalue weighted by molar-refractivity contribution is 6.15. The monoisotopic (exact) mass is 505 g/mol. The maximum atomic E-state index is 14.7. The van der Waals surface area contributed by atoms with Crippen molar-refractivity contribution in [1.82, 2.24) is 9.78 Å². The van der Waals surface area contributed by atoms with E-state index in [2.05, 4.69) is 10.4 Å². The maximum Gasteiger partial charge on any atom is 0.277 e. The number of amides is 2. The molecule has 2 amide bonds. The summed E-state index contributed by atoms with van der Waals surface area (Å²) in [7, 11) is 1.44. The Morgan fingerprint density at radius 3 is 2.57 bits per heavy atom. The van der Waals surface area contributed by atoms with Gasteiger partial charge in [-0.25, -0.2) is 8.78 Å². The average molecular weight is 506 g/mol. The first-order valence-electron chi connectivity index (χ1n) is 12.0. The number of hydrogen-bond acceptors (Lipinski definition) is 5. The van der Waals surface area contributed by atoms with Crippen LogP contribution in [0.15, 0.2) is 48.7 Å². The molecule has 190 valence electrons. The summed E-state index contributed by atoms with van der Waals surface area (Å²) in [5.74, 6) is -4.18. The Hall–Kier alpha value is -4.26. The number of nitrogens with zero attached hydrogens (tertiary/aromatic N) is 4. The lowest BCUT2D eigenvalue weighted by atomic mass is 9.78. The zero-order chi connectivity index (χ0) is 26.3. The van der Waals surface area contributed by atoms with Gasteiger partial charge >= 0.3 is 0 Å². The van der Waals surface area contributed by atoms with Crippen LogP contribution in [-0.4, -0.2) is 34.7 Å². The summed E-state index contributed by atoms with van der Waals surface area (Å²) >= 11 is 0. The Labute approximate surface area is 212 Å². The van der Waals surface area contributed by atoms with Gasteiger partial charge in [0.25, 0.3) is 17.7 Å². The number of nitriles is 1. The SMILES string of the molecule is COc1ccc(NC(=O)c2cnn3c2C(=O)N(c2ccc(C(F)(F)C4CCC4)cc2)C(C)C3)cc1C#N. The largest absolute Gasteiger partial charge is 0.495 e. The van der Waals surface area contributed by atoms with Crippen LogP contribution in [0.2, 0.25) is 0 Å². The lowest BCUT2D eigenvalue weighted by Gasteiger charge is -2.35. The van der Waals surface area contributed by atoms with Gasteiger partial charge in [-0.15, -0.1) is 0 Å². The van der Waals surface area contributed by atoms with Gasteiger partial charge in [-0.3, -0.25) is 14.3 Å². The van der Waals surface area contributed by atoms with Crippen LogP contribution in [0.4, 0.5) is 20.2 Å². The second kappa shape index (κ2) is 9.32. The van der Waals surface area contributed by atoms with Gasteiger partial charge < -0.3 is 15.0 Å². The van der Waals surface area contributed by atoms with Gasteiger partial charge in [-0.05, 0) is 50.1 Å². The van der Waals surface area contributed by atoms with Gasteiger partial charge in [0.1, 0.15) is 17.5 Å². The van der Waals surface area contributed by atoms with Crippen molar-refractivity contribution in [3.63, 3.8) is 0 Å².